The van der Waals surface area contributed by atoms with Crippen molar-refractivity contribution >= 4 is 27.2 Å². The van der Waals surface area contributed by atoms with Crippen LogP contribution in [-0.2, 0) is 0 Å². The number of nitrogen functional groups attached to an aromatic ring is 1. The number of aromatic nitrogens is 2. The maximum absolute atomic E-state index is 9.75. The van der Waals surface area contributed by atoms with Gasteiger partial charge < -0.3 is 10.8 Å². The average molecular weight is 309 g/mol. The molecule has 0 radical (unpaired) electrons. The highest BCUT2D eigenvalue weighted by atomic mass is 32.1. The second-order valence-corrected chi connectivity index (χ2v) is 6.51. The maximum Gasteiger partial charge on any atom is 0.181 e. The molecular weight excluding hydrogens is 294 g/mol. The van der Waals surface area contributed by atoms with Crippen molar-refractivity contribution in [2.45, 2.75) is 19.4 Å². The number of hydrogen-bond donors (Lipinski definition) is 2. The molecule has 0 saturated carbocycles. The van der Waals surface area contributed by atoms with E-state index in [9.17, 15) is 5.11 Å². The Bertz CT molecular complexity index is 897. The van der Waals surface area contributed by atoms with Crippen molar-refractivity contribution in [3.8, 4) is 22.3 Å². The number of thiazole rings is 1. The molecule has 0 atom stereocenters. The Kier molecular flexibility index (Phi) is 3.57. The third kappa shape index (κ3) is 3.08. The Labute approximate surface area is 132 Å². The molecule has 0 amide bonds. The Morgan fingerprint density at radius 3 is 2.82 bits per heavy atom. The zero-order valence-electron chi connectivity index (χ0n) is 12.3. The van der Waals surface area contributed by atoms with Crippen LogP contribution in [0.4, 0.5) is 5.13 Å². The SMILES string of the molecule is CC(C)(O)C#Cc1nc(N)sc1-c1ccc2cnccc2c1. The second-order valence-electron chi connectivity index (χ2n) is 5.48. The molecular formula is C17H15N3OS. The number of hydrogen-bond acceptors (Lipinski definition) is 5. The van der Waals surface area contributed by atoms with Gasteiger partial charge in [-0.05, 0) is 42.9 Å². The number of fused-ring (bicyclic) bond motifs is 1. The van der Waals surface area contributed by atoms with Crippen molar-refractivity contribution in [3.63, 3.8) is 0 Å². The zero-order chi connectivity index (χ0) is 15.7. The van der Waals surface area contributed by atoms with Crippen molar-refractivity contribution in [1.29, 1.82) is 0 Å². The molecule has 2 heterocycles. The standard InChI is InChI=1S/C17H15N3OS/c1-17(2,21)7-5-14-15(22-16(18)20-14)12-3-4-13-10-19-8-6-11(13)9-12/h3-4,6,8-10,21H,1-2H3,(H2,18,20). The van der Waals surface area contributed by atoms with Gasteiger partial charge in [0.25, 0.3) is 0 Å². The Morgan fingerprint density at radius 2 is 2.05 bits per heavy atom. The van der Waals surface area contributed by atoms with Crippen LogP contribution in [0.3, 0.4) is 0 Å². The van der Waals surface area contributed by atoms with Crippen LogP contribution in [0.15, 0.2) is 36.7 Å². The van der Waals surface area contributed by atoms with Gasteiger partial charge in [0.1, 0.15) is 11.3 Å². The zero-order valence-corrected chi connectivity index (χ0v) is 13.1. The number of rotatable bonds is 1. The minimum atomic E-state index is -1.06. The number of pyridine rings is 1. The van der Waals surface area contributed by atoms with E-state index >= 15 is 0 Å². The van der Waals surface area contributed by atoms with Crippen LogP contribution in [0.5, 0.6) is 0 Å². The van der Waals surface area contributed by atoms with Crippen LogP contribution < -0.4 is 5.73 Å². The van der Waals surface area contributed by atoms with E-state index in [2.05, 4.69) is 27.9 Å². The Balaban J connectivity index is 2.11. The molecule has 0 spiro atoms. The first-order chi connectivity index (χ1) is 10.4. The molecule has 3 aromatic rings. The molecule has 0 aliphatic rings. The summed E-state index contributed by atoms with van der Waals surface area (Å²) in [5, 5.41) is 12.4. The van der Waals surface area contributed by atoms with E-state index in [1.54, 1.807) is 20.0 Å². The van der Waals surface area contributed by atoms with Crippen molar-refractivity contribution in [1.82, 2.24) is 9.97 Å². The van der Waals surface area contributed by atoms with Gasteiger partial charge in [-0.1, -0.05) is 29.4 Å². The lowest BCUT2D eigenvalue weighted by Crippen LogP contribution is -2.14. The molecule has 110 valence electrons. The van der Waals surface area contributed by atoms with E-state index in [0.29, 0.717) is 10.8 Å². The molecule has 2 aromatic heterocycles. The molecule has 5 heteroatoms. The predicted molar refractivity (Wildman–Crippen MR) is 90.4 cm³/mol. The van der Waals surface area contributed by atoms with Gasteiger partial charge >= 0.3 is 0 Å². The lowest BCUT2D eigenvalue weighted by Gasteiger charge is -2.06. The first kappa shape index (κ1) is 14.5. The number of nitrogens with zero attached hydrogens (tertiary/aromatic N) is 2. The van der Waals surface area contributed by atoms with Crippen LogP contribution in [0.2, 0.25) is 0 Å². The van der Waals surface area contributed by atoms with E-state index in [1.807, 2.05) is 24.4 Å². The Morgan fingerprint density at radius 1 is 1.23 bits per heavy atom. The summed E-state index contributed by atoms with van der Waals surface area (Å²) in [7, 11) is 0. The van der Waals surface area contributed by atoms with Gasteiger partial charge in [0, 0.05) is 17.8 Å². The van der Waals surface area contributed by atoms with Gasteiger partial charge in [0.05, 0.1) is 4.88 Å². The van der Waals surface area contributed by atoms with Gasteiger partial charge in [-0.3, -0.25) is 4.98 Å². The first-order valence-electron chi connectivity index (χ1n) is 6.78. The molecule has 0 aliphatic heterocycles. The normalized spacial score (nSPS) is 11.2. The smallest absolute Gasteiger partial charge is 0.181 e. The number of aliphatic hydroxyl groups is 1. The molecule has 0 aliphatic carbocycles. The van der Waals surface area contributed by atoms with Crippen LogP contribution in [0.25, 0.3) is 21.2 Å². The van der Waals surface area contributed by atoms with Gasteiger partial charge in [0.15, 0.2) is 5.13 Å². The third-order valence-electron chi connectivity index (χ3n) is 3.03. The van der Waals surface area contributed by atoms with E-state index in [0.717, 1.165) is 21.2 Å². The van der Waals surface area contributed by atoms with Gasteiger partial charge in [0.2, 0.25) is 0 Å². The summed E-state index contributed by atoms with van der Waals surface area (Å²) in [6.45, 7) is 3.27. The first-order valence-corrected chi connectivity index (χ1v) is 7.60. The summed E-state index contributed by atoms with van der Waals surface area (Å²) in [4.78, 5) is 9.29. The van der Waals surface area contributed by atoms with Crippen molar-refractivity contribution in [3.05, 3.63) is 42.4 Å². The third-order valence-corrected chi connectivity index (χ3v) is 3.97. The highest BCUT2D eigenvalue weighted by molar-refractivity contribution is 7.19. The summed E-state index contributed by atoms with van der Waals surface area (Å²) >= 11 is 1.39. The quantitative estimate of drug-likeness (QED) is 0.678. The van der Waals surface area contributed by atoms with Gasteiger partial charge in [-0.2, -0.15) is 0 Å². The number of anilines is 1. The van der Waals surface area contributed by atoms with Crippen LogP contribution in [0, 0.1) is 11.8 Å². The number of benzene rings is 1. The van der Waals surface area contributed by atoms with Crippen molar-refractivity contribution in [2.24, 2.45) is 0 Å². The van der Waals surface area contributed by atoms with E-state index in [1.165, 1.54) is 11.3 Å². The summed E-state index contributed by atoms with van der Waals surface area (Å²) < 4.78 is 0. The summed E-state index contributed by atoms with van der Waals surface area (Å²) in [5.41, 5.74) is 6.37. The molecule has 3 rings (SSSR count). The molecule has 0 saturated heterocycles. The average Bonchev–Trinajstić information content (AvgIpc) is 2.85. The lowest BCUT2D eigenvalue weighted by molar-refractivity contribution is 0.143. The maximum atomic E-state index is 9.75. The monoisotopic (exact) mass is 309 g/mol. The predicted octanol–water partition coefficient (Wildman–Crippen LogP) is 3.06. The minimum Gasteiger partial charge on any atom is -0.378 e. The van der Waals surface area contributed by atoms with E-state index < -0.39 is 5.60 Å². The fourth-order valence-corrected chi connectivity index (χ4v) is 2.84. The molecule has 3 N–H and O–H groups in total. The second kappa shape index (κ2) is 5.41. The van der Waals surface area contributed by atoms with Gasteiger partial charge in [-0.25, -0.2) is 4.98 Å². The highest BCUT2D eigenvalue weighted by Crippen LogP contribution is 2.33. The van der Waals surface area contributed by atoms with Crippen molar-refractivity contribution in [2.75, 3.05) is 5.73 Å². The fourth-order valence-electron chi connectivity index (χ4n) is 2.05. The summed E-state index contributed by atoms with van der Waals surface area (Å²) in [5.74, 6) is 5.71. The lowest BCUT2D eigenvalue weighted by atomic mass is 10.1. The van der Waals surface area contributed by atoms with Crippen molar-refractivity contribution < 1.29 is 5.11 Å². The molecule has 1 aromatic carbocycles. The Hall–Kier alpha value is -2.42. The number of nitrogens with two attached hydrogens (primary N) is 1. The summed E-state index contributed by atoms with van der Waals surface area (Å²) in [6, 6.07) is 8.05. The molecule has 0 fully saturated rings. The van der Waals surface area contributed by atoms with Crippen LogP contribution in [-0.4, -0.2) is 20.7 Å². The molecule has 0 bridgehead atoms. The fraction of sp³-hybridized carbons (Fsp3) is 0.176. The topological polar surface area (TPSA) is 72.0 Å². The largest absolute Gasteiger partial charge is 0.378 e. The van der Waals surface area contributed by atoms with Gasteiger partial charge in [-0.15, -0.1) is 0 Å². The summed E-state index contributed by atoms with van der Waals surface area (Å²) in [6.07, 6.45) is 3.59. The van der Waals surface area contributed by atoms with E-state index in [-0.39, 0.29) is 0 Å². The van der Waals surface area contributed by atoms with E-state index in [4.69, 9.17) is 5.73 Å². The minimum absolute atomic E-state index is 0.463. The molecule has 0 unspecified atom stereocenters. The van der Waals surface area contributed by atoms with Crippen LogP contribution >= 0.6 is 11.3 Å². The van der Waals surface area contributed by atoms with Crippen LogP contribution in [0.1, 0.15) is 19.5 Å². The molecule has 22 heavy (non-hydrogen) atoms. The molecule has 4 nitrogen and oxygen atoms in total. The highest BCUT2D eigenvalue weighted by Gasteiger charge is 2.12.